The van der Waals surface area contributed by atoms with Gasteiger partial charge in [-0.05, 0) is 45.4 Å². The average molecular weight is 309 g/mol. The van der Waals surface area contributed by atoms with Crippen LogP contribution in [0.3, 0.4) is 0 Å². The number of amides is 1. The maximum atomic E-state index is 12.0. The smallest absolute Gasteiger partial charge is 0.408 e. The van der Waals surface area contributed by atoms with Gasteiger partial charge in [-0.15, -0.1) is 0 Å². The lowest BCUT2D eigenvalue weighted by Gasteiger charge is -2.27. The summed E-state index contributed by atoms with van der Waals surface area (Å²) >= 11 is 0. The topological polar surface area (TPSA) is 38.3 Å². The molecule has 1 saturated carbocycles. The Morgan fingerprint density at radius 1 is 1.23 bits per heavy atom. The third-order valence-corrected chi connectivity index (χ3v) is 3.99. The second-order valence-corrected chi connectivity index (χ2v) is 8.05. The summed E-state index contributed by atoms with van der Waals surface area (Å²) in [5, 5.41) is 3.05. The lowest BCUT2D eigenvalue weighted by Crippen LogP contribution is -2.39. The highest BCUT2D eigenvalue weighted by molar-refractivity contribution is 5.68. The molecule has 0 heterocycles. The van der Waals surface area contributed by atoms with Gasteiger partial charge in [-0.25, -0.2) is 4.79 Å². The molecule has 0 radical (unpaired) electrons. The second-order valence-electron chi connectivity index (χ2n) is 8.05. The number of ether oxygens (including phenoxy) is 1. The zero-order valence-corrected chi connectivity index (χ0v) is 15.2. The molecule has 0 spiro atoms. The number of carbonyl (C=O) groups is 1. The van der Waals surface area contributed by atoms with E-state index in [0.717, 1.165) is 18.8 Å². The van der Waals surface area contributed by atoms with Crippen molar-refractivity contribution in [1.82, 2.24) is 5.32 Å². The van der Waals surface area contributed by atoms with Crippen LogP contribution in [0.1, 0.15) is 79.6 Å². The molecule has 0 saturated heterocycles. The predicted octanol–water partition coefficient (Wildman–Crippen LogP) is 5.45. The van der Waals surface area contributed by atoms with Crippen LogP contribution in [-0.4, -0.2) is 17.7 Å². The van der Waals surface area contributed by atoms with Crippen LogP contribution < -0.4 is 5.32 Å². The molecule has 0 bridgehead atoms. The van der Waals surface area contributed by atoms with Crippen LogP contribution in [-0.2, 0) is 4.74 Å². The summed E-state index contributed by atoms with van der Waals surface area (Å²) in [6, 6.07) is 0.0942. The van der Waals surface area contributed by atoms with Crippen molar-refractivity contribution in [3.05, 3.63) is 12.2 Å². The van der Waals surface area contributed by atoms with E-state index in [-0.39, 0.29) is 12.1 Å². The summed E-state index contributed by atoms with van der Waals surface area (Å²) in [5.74, 6) is 1.38. The fraction of sp³-hybridized carbons (Fsp3) is 0.842. The predicted molar refractivity (Wildman–Crippen MR) is 92.9 cm³/mol. The van der Waals surface area contributed by atoms with E-state index in [1.165, 1.54) is 32.1 Å². The molecule has 3 nitrogen and oxygen atoms in total. The summed E-state index contributed by atoms with van der Waals surface area (Å²) in [7, 11) is 0. The molecule has 128 valence electrons. The highest BCUT2D eigenvalue weighted by Crippen LogP contribution is 2.27. The molecule has 0 aliphatic heterocycles. The maximum Gasteiger partial charge on any atom is 0.408 e. The standard InChI is InChI=1S/C19H35NO2/c1-15(2)10-9-13-17(14-16-11-7-6-8-12-16)20-18(21)22-19(3,4)5/h9,13,15-17H,6-8,10-12,14H2,1-5H3,(H,20,21)/b13-9+/t17-/m1/s1. The minimum atomic E-state index is -0.443. The fourth-order valence-electron chi connectivity index (χ4n) is 2.94. The highest BCUT2D eigenvalue weighted by atomic mass is 16.6. The molecule has 1 fully saturated rings. The Kier molecular flexibility index (Phi) is 7.98. The molecule has 0 aromatic carbocycles. The molecule has 1 atom stereocenters. The third-order valence-electron chi connectivity index (χ3n) is 3.99. The maximum absolute atomic E-state index is 12.0. The Balaban J connectivity index is 2.56. The first kappa shape index (κ1) is 19.1. The van der Waals surface area contributed by atoms with Crippen LogP contribution in [0.15, 0.2) is 12.2 Å². The van der Waals surface area contributed by atoms with E-state index >= 15 is 0 Å². The quantitative estimate of drug-likeness (QED) is 0.662. The van der Waals surface area contributed by atoms with Gasteiger partial charge >= 0.3 is 6.09 Å². The fourth-order valence-corrected chi connectivity index (χ4v) is 2.94. The van der Waals surface area contributed by atoms with E-state index in [1.54, 1.807) is 0 Å². The van der Waals surface area contributed by atoms with Gasteiger partial charge in [-0.3, -0.25) is 0 Å². The van der Waals surface area contributed by atoms with Gasteiger partial charge in [0.05, 0.1) is 6.04 Å². The zero-order valence-electron chi connectivity index (χ0n) is 15.2. The van der Waals surface area contributed by atoms with E-state index < -0.39 is 5.60 Å². The zero-order chi connectivity index (χ0) is 16.6. The van der Waals surface area contributed by atoms with Crippen LogP contribution in [0, 0.1) is 11.8 Å². The number of alkyl carbamates (subject to hydrolysis) is 1. The molecular formula is C19H35NO2. The lowest BCUT2D eigenvalue weighted by atomic mass is 9.84. The van der Waals surface area contributed by atoms with Gasteiger partial charge in [0.2, 0.25) is 0 Å². The van der Waals surface area contributed by atoms with E-state index in [1.807, 2.05) is 20.8 Å². The van der Waals surface area contributed by atoms with Gasteiger partial charge in [0, 0.05) is 0 Å². The van der Waals surface area contributed by atoms with Crippen molar-refractivity contribution < 1.29 is 9.53 Å². The monoisotopic (exact) mass is 309 g/mol. The molecule has 1 amide bonds. The van der Waals surface area contributed by atoms with Gasteiger partial charge in [0.1, 0.15) is 5.60 Å². The third kappa shape index (κ3) is 9.11. The lowest BCUT2D eigenvalue weighted by molar-refractivity contribution is 0.0507. The van der Waals surface area contributed by atoms with Gasteiger partial charge < -0.3 is 10.1 Å². The molecule has 1 rings (SSSR count). The van der Waals surface area contributed by atoms with Crippen LogP contribution in [0.25, 0.3) is 0 Å². The Hall–Kier alpha value is -0.990. The summed E-state index contributed by atoms with van der Waals surface area (Å²) in [5.41, 5.74) is -0.443. The summed E-state index contributed by atoms with van der Waals surface area (Å²) in [6.07, 6.45) is 12.8. The van der Waals surface area contributed by atoms with Crippen LogP contribution in [0.2, 0.25) is 0 Å². The van der Waals surface area contributed by atoms with E-state index in [0.29, 0.717) is 5.92 Å². The van der Waals surface area contributed by atoms with Crippen LogP contribution >= 0.6 is 0 Å². The molecule has 3 heteroatoms. The van der Waals surface area contributed by atoms with Crippen molar-refractivity contribution >= 4 is 6.09 Å². The number of nitrogens with one attached hydrogen (secondary N) is 1. The number of carbonyl (C=O) groups excluding carboxylic acids is 1. The van der Waals surface area contributed by atoms with Gasteiger partial charge in [0.25, 0.3) is 0 Å². The molecule has 0 aromatic heterocycles. The Morgan fingerprint density at radius 3 is 2.41 bits per heavy atom. The van der Waals surface area contributed by atoms with E-state index in [4.69, 9.17) is 4.74 Å². The molecule has 1 N–H and O–H groups in total. The van der Waals surface area contributed by atoms with Crippen LogP contribution in [0.5, 0.6) is 0 Å². The minimum Gasteiger partial charge on any atom is -0.444 e. The highest BCUT2D eigenvalue weighted by Gasteiger charge is 2.21. The van der Waals surface area contributed by atoms with Gasteiger partial charge in [-0.1, -0.05) is 58.1 Å². The number of rotatable bonds is 6. The molecule has 1 aliphatic carbocycles. The molecule has 0 unspecified atom stereocenters. The Morgan fingerprint density at radius 2 is 1.86 bits per heavy atom. The average Bonchev–Trinajstić information content (AvgIpc) is 2.36. The number of hydrogen-bond acceptors (Lipinski definition) is 2. The second kappa shape index (κ2) is 9.22. The molecule has 0 aromatic rings. The van der Waals surface area contributed by atoms with Crippen molar-refractivity contribution in [2.75, 3.05) is 0 Å². The minimum absolute atomic E-state index is 0.0942. The summed E-state index contributed by atoms with van der Waals surface area (Å²) in [6.45, 7) is 10.1. The van der Waals surface area contributed by atoms with Crippen molar-refractivity contribution in [3.8, 4) is 0 Å². The molecule has 1 aliphatic rings. The van der Waals surface area contributed by atoms with Gasteiger partial charge in [0.15, 0.2) is 0 Å². The number of hydrogen-bond donors (Lipinski definition) is 1. The Bertz CT molecular complexity index is 349. The van der Waals surface area contributed by atoms with E-state index in [9.17, 15) is 4.79 Å². The van der Waals surface area contributed by atoms with Crippen molar-refractivity contribution in [2.45, 2.75) is 91.2 Å². The normalized spacial score (nSPS) is 18.6. The van der Waals surface area contributed by atoms with Crippen LogP contribution in [0.4, 0.5) is 4.79 Å². The SMILES string of the molecule is CC(C)C/C=C/[C@H](CC1CCCCC1)NC(=O)OC(C)(C)C. The largest absolute Gasteiger partial charge is 0.444 e. The van der Waals surface area contributed by atoms with Crippen molar-refractivity contribution in [3.63, 3.8) is 0 Å². The molecular weight excluding hydrogens is 274 g/mol. The summed E-state index contributed by atoms with van der Waals surface area (Å²) < 4.78 is 5.40. The first-order chi connectivity index (χ1) is 10.3. The van der Waals surface area contributed by atoms with Gasteiger partial charge in [-0.2, -0.15) is 0 Å². The van der Waals surface area contributed by atoms with E-state index in [2.05, 4.69) is 31.3 Å². The van der Waals surface area contributed by atoms with Crippen molar-refractivity contribution in [2.24, 2.45) is 11.8 Å². The summed E-state index contributed by atoms with van der Waals surface area (Å²) in [4.78, 5) is 12.0. The number of allylic oxidation sites excluding steroid dienone is 1. The first-order valence-corrected chi connectivity index (χ1v) is 8.92. The molecule has 22 heavy (non-hydrogen) atoms. The Labute approximate surface area is 136 Å². The first-order valence-electron chi connectivity index (χ1n) is 8.92. The van der Waals surface area contributed by atoms with Crippen molar-refractivity contribution in [1.29, 1.82) is 0 Å².